The van der Waals surface area contributed by atoms with Crippen LogP contribution in [0.2, 0.25) is 0 Å². The van der Waals surface area contributed by atoms with Crippen LogP contribution in [0.3, 0.4) is 0 Å². The van der Waals surface area contributed by atoms with Crippen molar-refractivity contribution in [1.82, 2.24) is 14.9 Å². The molecule has 3 nitrogen and oxygen atoms in total. The van der Waals surface area contributed by atoms with Crippen LogP contribution in [0.25, 0.3) is 0 Å². The lowest BCUT2D eigenvalue weighted by atomic mass is 10.1. The molecule has 0 bridgehead atoms. The summed E-state index contributed by atoms with van der Waals surface area (Å²) in [5, 5.41) is 3.07. The van der Waals surface area contributed by atoms with E-state index < -0.39 is 12.0 Å². The Hall–Kier alpha value is -1.04. The fourth-order valence-electron chi connectivity index (χ4n) is 2.89. The second kappa shape index (κ2) is 3.98. The minimum atomic E-state index is -4.36. The smallest absolute Gasteiger partial charge is 0.324 e. The summed E-state index contributed by atoms with van der Waals surface area (Å²) in [5.41, 5.74) is 1.51. The molecule has 0 saturated heterocycles. The van der Waals surface area contributed by atoms with E-state index >= 15 is 0 Å². The van der Waals surface area contributed by atoms with Crippen LogP contribution < -0.4 is 5.32 Å². The molecule has 2 heterocycles. The molecule has 106 valence electrons. The van der Waals surface area contributed by atoms with E-state index in [-0.39, 0.29) is 5.41 Å². The van der Waals surface area contributed by atoms with E-state index in [4.69, 9.17) is 0 Å². The summed E-state index contributed by atoms with van der Waals surface area (Å²) < 4.78 is 40.7. The van der Waals surface area contributed by atoms with Crippen molar-refractivity contribution in [2.45, 2.75) is 46.0 Å². The predicted octanol–water partition coefficient (Wildman–Crippen LogP) is 2.59. The maximum atomic E-state index is 13.1. The van der Waals surface area contributed by atoms with Gasteiger partial charge in [-0.05, 0) is 17.8 Å². The molecule has 19 heavy (non-hydrogen) atoms. The molecule has 0 amide bonds. The van der Waals surface area contributed by atoms with E-state index in [1.165, 1.54) is 4.57 Å². The van der Waals surface area contributed by atoms with Gasteiger partial charge in [-0.25, -0.2) is 4.98 Å². The molecule has 3 rings (SSSR count). The number of imidazole rings is 1. The lowest BCUT2D eigenvalue weighted by molar-refractivity contribution is -0.147. The molecular weight excluding hydrogens is 255 g/mol. The van der Waals surface area contributed by atoms with Crippen LogP contribution in [-0.4, -0.2) is 16.1 Å². The average Bonchev–Trinajstić information content (AvgIpc) is 2.74. The first-order chi connectivity index (χ1) is 8.79. The highest BCUT2D eigenvalue weighted by Gasteiger charge is 2.48. The van der Waals surface area contributed by atoms with E-state index in [1.54, 1.807) is 0 Å². The molecule has 1 aliphatic carbocycles. The van der Waals surface area contributed by atoms with Crippen molar-refractivity contribution in [3.8, 4) is 0 Å². The SMILES string of the molecule is CC1(C)CC1Cn1c(C(F)(F)F)nc2c1CCNC2. The zero-order chi connectivity index (χ0) is 13.8. The third-order valence-electron chi connectivity index (χ3n) is 4.36. The minimum absolute atomic E-state index is 0.174. The van der Waals surface area contributed by atoms with Gasteiger partial charge in [0.1, 0.15) is 0 Å². The zero-order valence-electron chi connectivity index (χ0n) is 11.1. The molecule has 1 aliphatic heterocycles. The number of aromatic nitrogens is 2. The average molecular weight is 273 g/mol. The third-order valence-corrected chi connectivity index (χ3v) is 4.36. The van der Waals surface area contributed by atoms with E-state index in [0.717, 1.165) is 18.7 Å². The van der Waals surface area contributed by atoms with Crippen molar-refractivity contribution in [2.24, 2.45) is 11.3 Å². The highest BCUT2D eigenvalue weighted by atomic mass is 19.4. The number of halogens is 3. The predicted molar refractivity (Wildman–Crippen MR) is 64.5 cm³/mol. The van der Waals surface area contributed by atoms with Crippen LogP contribution in [0.1, 0.15) is 37.5 Å². The maximum Gasteiger partial charge on any atom is 0.449 e. The van der Waals surface area contributed by atoms with Crippen LogP contribution in [0.5, 0.6) is 0 Å². The normalized spacial score (nSPS) is 25.2. The largest absolute Gasteiger partial charge is 0.449 e. The molecule has 0 spiro atoms. The minimum Gasteiger partial charge on any atom is -0.324 e. The van der Waals surface area contributed by atoms with E-state index in [1.807, 2.05) is 0 Å². The van der Waals surface area contributed by atoms with Crippen LogP contribution in [0.4, 0.5) is 13.2 Å². The van der Waals surface area contributed by atoms with Crippen molar-refractivity contribution < 1.29 is 13.2 Å². The van der Waals surface area contributed by atoms with Gasteiger partial charge in [0.15, 0.2) is 0 Å². The highest BCUT2D eigenvalue weighted by molar-refractivity contribution is 5.22. The van der Waals surface area contributed by atoms with E-state index in [2.05, 4.69) is 24.1 Å². The van der Waals surface area contributed by atoms with Gasteiger partial charge >= 0.3 is 6.18 Å². The van der Waals surface area contributed by atoms with Crippen LogP contribution in [0.15, 0.2) is 0 Å². The van der Waals surface area contributed by atoms with Crippen LogP contribution in [-0.2, 0) is 25.7 Å². The summed E-state index contributed by atoms with van der Waals surface area (Å²) in [6, 6.07) is 0. The van der Waals surface area contributed by atoms with Crippen molar-refractivity contribution in [1.29, 1.82) is 0 Å². The first-order valence-corrected chi connectivity index (χ1v) is 6.65. The van der Waals surface area contributed by atoms with E-state index in [0.29, 0.717) is 31.1 Å². The molecule has 0 radical (unpaired) electrons. The molecular formula is C13H18F3N3. The Kier molecular flexibility index (Phi) is 2.71. The first kappa shape index (κ1) is 13.0. The van der Waals surface area contributed by atoms with Gasteiger partial charge in [-0.1, -0.05) is 13.8 Å². The second-order valence-electron chi connectivity index (χ2n) is 6.25. The number of hydrogen-bond donors (Lipinski definition) is 1. The number of nitrogens with zero attached hydrogens (tertiary/aromatic N) is 2. The van der Waals surface area contributed by atoms with Gasteiger partial charge in [0.05, 0.1) is 5.69 Å². The zero-order valence-corrected chi connectivity index (χ0v) is 11.1. The Morgan fingerprint density at radius 3 is 2.68 bits per heavy atom. The Morgan fingerprint density at radius 1 is 1.42 bits per heavy atom. The molecule has 1 atom stereocenters. The van der Waals surface area contributed by atoms with Gasteiger partial charge in [0.2, 0.25) is 5.82 Å². The molecule has 1 unspecified atom stereocenters. The van der Waals surface area contributed by atoms with Crippen molar-refractivity contribution >= 4 is 0 Å². The van der Waals surface area contributed by atoms with Gasteiger partial charge in [0.25, 0.3) is 0 Å². The molecule has 0 aromatic carbocycles. The van der Waals surface area contributed by atoms with Crippen molar-refractivity contribution in [2.75, 3.05) is 6.54 Å². The van der Waals surface area contributed by atoms with Crippen molar-refractivity contribution in [3.05, 3.63) is 17.2 Å². The quantitative estimate of drug-likeness (QED) is 0.897. The fraction of sp³-hybridized carbons (Fsp3) is 0.769. The Bertz CT molecular complexity index is 502. The summed E-state index contributed by atoms with van der Waals surface area (Å²) >= 11 is 0. The van der Waals surface area contributed by atoms with Crippen molar-refractivity contribution in [3.63, 3.8) is 0 Å². The molecule has 1 fully saturated rings. The van der Waals surface area contributed by atoms with E-state index in [9.17, 15) is 13.2 Å². The molecule has 6 heteroatoms. The Morgan fingerprint density at radius 2 is 2.11 bits per heavy atom. The first-order valence-electron chi connectivity index (χ1n) is 6.65. The number of nitrogens with one attached hydrogen (secondary N) is 1. The molecule has 1 saturated carbocycles. The summed E-state index contributed by atoms with van der Waals surface area (Å²) in [6.07, 6.45) is -2.74. The standard InChI is InChI=1S/C13H18F3N3/c1-12(2)5-8(12)7-19-10-3-4-17-6-9(10)18-11(19)13(14,15)16/h8,17H,3-7H2,1-2H3. The summed E-state index contributed by atoms with van der Waals surface area (Å²) in [5.74, 6) is -0.384. The lowest BCUT2D eigenvalue weighted by Gasteiger charge is -2.17. The number of fused-ring (bicyclic) bond motifs is 1. The molecule has 1 aromatic rings. The lowest BCUT2D eigenvalue weighted by Crippen LogP contribution is -2.25. The maximum absolute atomic E-state index is 13.1. The van der Waals surface area contributed by atoms with Crippen LogP contribution >= 0.6 is 0 Å². The molecule has 1 N–H and O–H groups in total. The third kappa shape index (κ3) is 2.26. The summed E-state index contributed by atoms with van der Waals surface area (Å²) in [6.45, 7) is 5.83. The van der Waals surface area contributed by atoms with Gasteiger partial charge in [-0.3, -0.25) is 0 Å². The highest BCUT2D eigenvalue weighted by Crippen LogP contribution is 2.53. The van der Waals surface area contributed by atoms with Gasteiger partial charge in [-0.2, -0.15) is 13.2 Å². The number of alkyl halides is 3. The second-order valence-corrected chi connectivity index (χ2v) is 6.25. The van der Waals surface area contributed by atoms with Gasteiger partial charge < -0.3 is 9.88 Å². The van der Waals surface area contributed by atoms with Gasteiger partial charge in [0, 0.05) is 31.7 Å². The van der Waals surface area contributed by atoms with Crippen LogP contribution in [0, 0.1) is 11.3 Å². The summed E-state index contributed by atoms with van der Waals surface area (Å²) in [4.78, 5) is 3.83. The monoisotopic (exact) mass is 273 g/mol. The fourth-order valence-corrected chi connectivity index (χ4v) is 2.89. The van der Waals surface area contributed by atoms with Gasteiger partial charge in [-0.15, -0.1) is 0 Å². The summed E-state index contributed by atoms with van der Waals surface area (Å²) in [7, 11) is 0. The number of rotatable bonds is 2. The number of hydrogen-bond acceptors (Lipinski definition) is 2. The topological polar surface area (TPSA) is 29.9 Å². The Balaban J connectivity index is 1.97. The molecule has 1 aromatic heterocycles. The molecule has 2 aliphatic rings. The Labute approximate surface area is 110 Å².